The fraction of sp³-hybridized carbons (Fsp3) is 0.450. The van der Waals surface area contributed by atoms with Gasteiger partial charge in [0.05, 0.1) is 13.6 Å². The maximum Gasteiger partial charge on any atom is 0.235 e. The van der Waals surface area contributed by atoms with E-state index in [1.807, 2.05) is 11.9 Å². The standard InChI is InChI=1S/C20H25N3O/c1-12(2)23(4)20(24)14-8-16-15-6-5-7-17-19(15)13(10-21-17)9-18(16)22(3)11-14/h5-8,10,12,14,18,21H,9,11H2,1-4H3/p+1/t14-,18-/m1/s1. The lowest BCUT2D eigenvalue weighted by Gasteiger charge is -2.38. The minimum Gasteiger partial charge on any atom is -0.361 e. The number of hydrogen-bond acceptors (Lipinski definition) is 1. The Balaban J connectivity index is 1.80. The highest BCUT2D eigenvalue weighted by atomic mass is 16.2. The number of aromatic nitrogens is 1. The van der Waals surface area contributed by atoms with Crippen LogP contribution in [0.4, 0.5) is 0 Å². The van der Waals surface area contributed by atoms with Crippen molar-refractivity contribution in [3.63, 3.8) is 0 Å². The molecule has 1 unspecified atom stereocenters. The maximum atomic E-state index is 12.9. The van der Waals surface area contributed by atoms with E-state index >= 15 is 0 Å². The van der Waals surface area contributed by atoms with Crippen LogP contribution in [0.25, 0.3) is 16.5 Å². The van der Waals surface area contributed by atoms with Crippen molar-refractivity contribution in [3.05, 3.63) is 41.6 Å². The van der Waals surface area contributed by atoms with Crippen LogP contribution in [0.5, 0.6) is 0 Å². The van der Waals surface area contributed by atoms with E-state index in [2.05, 4.69) is 56.4 Å². The molecule has 0 radical (unpaired) electrons. The molecule has 1 aliphatic heterocycles. The second kappa shape index (κ2) is 5.49. The number of benzene rings is 1. The van der Waals surface area contributed by atoms with Crippen molar-refractivity contribution in [3.8, 4) is 0 Å². The number of amides is 1. The molecule has 3 atom stereocenters. The van der Waals surface area contributed by atoms with E-state index in [1.165, 1.54) is 32.5 Å². The molecule has 2 N–H and O–H groups in total. The second-order valence-corrected chi connectivity index (χ2v) is 7.62. The molecule has 0 saturated carbocycles. The number of fused-ring (bicyclic) bond motifs is 2. The van der Waals surface area contributed by atoms with E-state index in [0.29, 0.717) is 6.04 Å². The summed E-state index contributed by atoms with van der Waals surface area (Å²) in [7, 11) is 4.14. The molecule has 1 aromatic carbocycles. The molecule has 2 heterocycles. The highest BCUT2D eigenvalue weighted by Gasteiger charge is 2.39. The summed E-state index contributed by atoms with van der Waals surface area (Å²) >= 11 is 0. The van der Waals surface area contributed by atoms with Crippen LogP contribution < -0.4 is 4.90 Å². The minimum atomic E-state index is -0.0283. The molecule has 2 aliphatic rings. The first-order valence-corrected chi connectivity index (χ1v) is 8.87. The van der Waals surface area contributed by atoms with Gasteiger partial charge in [0, 0.05) is 42.2 Å². The lowest BCUT2D eigenvalue weighted by molar-refractivity contribution is -0.900. The smallest absolute Gasteiger partial charge is 0.235 e. The van der Waals surface area contributed by atoms with Gasteiger partial charge in [-0.3, -0.25) is 4.79 Å². The summed E-state index contributed by atoms with van der Waals surface area (Å²) < 4.78 is 0. The van der Waals surface area contributed by atoms with Crippen molar-refractivity contribution in [1.29, 1.82) is 0 Å². The van der Waals surface area contributed by atoms with Crippen LogP contribution >= 0.6 is 0 Å². The van der Waals surface area contributed by atoms with E-state index in [1.54, 1.807) is 0 Å². The van der Waals surface area contributed by atoms with Gasteiger partial charge in [-0.25, -0.2) is 0 Å². The number of rotatable bonds is 2. The SMILES string of the molecule is CC(C)N(C)C(=O)[C@@H]1C=C2c3cccc4[nH]cc(c34)C[C@H]2[NH+](C)C1. The van der Waals surface area contributed by atoms with Crippen LogP contribution in [0, 0.1) is 5.92 Å². The van der Waals surface area contributed by atoms with Gasteiger partial charge in [0.2, 0.25) is 5.91 Å². The van der Waals surface area contributed by atoms with Gasteiger partial charge in [0.15, 0.2) is 0 Å². The molecule has 4 heteroatoms. The Hall–Kier alpha value is -2.07. The van der Waals surface area contributed by atoms with Crippen molar-refractivity contribution < 1.29 is 9.69 Å². The largest absolute Gasteiger partial charge is 0.361 e. The molecule has 0 fully saturated rings. The van der Waals surface area contributed by atoms with E-state index in [0.717, 1.165) is 13.0 Å². The number of hydrogen-bond donors (Lipinski definition) is 2. The monoisotopic (exact) mass is 324 g/mol. The molecule has 4 rings (SSSR count). The Kier molecular flexibility index (Phi) is 3.53. The highest BCUT2D eigenvalue weighted by molar-refractivity contribution is 5.98. The van der Waals surface area contributed by atoms with Gasteiger partial charge >= 0.3 is 0 Å². The number of quaternary nitrogens is 1. The molecule has 2 aromatic rings. The van der Waals surface area contributed by atoms with Crippen LogP contribution in [-0.4, -0.2) is 48.5 Å². The van der Waals surface area contributed by atoms with E-state index in [-0.39, 0.29) is 17.9 Å². The molecule has 1 aromatic heterocycles. The zero-order valence-corrected chi connectivity index (χ0v) is 14.9. The molecule has 0 saturated heterocycles. The van der Waals surface area contributed by atoms with Gasteiger partial charge in [-0.2, -0.15) is 0 Å². The number of nitrogens with one attached hydrogen (secondary N) is 2. The third-order valence-electron chi connectivity index (χ3n) is 5.85. The third kappa shape index (κ3) is 2.20. The predicted octanol–water partition coefficient (Wildman–Crippen LogP) is 1.49. The summed E-state index contributed by atoms with van der Waals surface area (Å²) in [5.74, 6) is 0.210. The number of aromatic amines is 1. The van der Waals surface area contributed by atoms with Crippen LogP contribution in [0.1, 0.15) is 25.0 Å². The Labute approximate surface area is 143 Å². The van der Waals surface area contributed by atoms with E-state index in [9.17, 15) is 4.79 Å². The Bertz CT molecular complexity index is 833. The normalized spacial score (nSPS) is 25.5. The van der Waals surface area contributed by atoms with Gasteiger partial charge in [0.1, 0.15) is 12.0 Å². The molecule has 1 amide bonds. The highest BCUT2D eigenvalue weighted by Crippen LogP contribution is 2.37. The fourth-order valence-corrected chi connectivity index (χ4v) is 4.26. The zero-order valence-electron chi connectivity index (χ0n) is 14.9. The number of carbonyl (C=O) groups is 1. The minimum absolute atomic E-state index is 0.0283. The zero-order chi connectivity index (χ0) is 17.0. The first kappa shape index (κ1) is 15.5. The number of nitrogens with zero attached hydrogens (tertiary/aromatic N) is 1. The molecule has 126 valence electrons. The number of H-pyrrole nitrogens is 1. The lowest BCUT2D eigenvalue weighted by Crippen LogP contribution is -3.15. The Morgan fingerprint density at radius 1 is 1.38 bits per heavy atom. The lowest BCUT2D eigenvalue weighted by atomic mass is 9.79. The summed E-state index contributed by atoms with van der Waals surface area (Å²) in [6, 6.07) is 7.15. The fourth-order valence-electron chi connectivity index (χ4n) is 4.26. The van der Waals surface area contributed by atoms with Crippen molar-refractivity contribution in [1.82, 2.24) is 9.88 Å². The summed E-state index contributed by atoms with van der Waals surface area (Å²) in [5.41, 5.74) is 5.27. The average Bonchev–Trinajstić information content (AvgIpc) is 2.99. The van der Waals surface area contributed by atoms with Crippen LogP contribution in [-0.2, 0) is 11.2 Å². The van der Waals surface area contributed by atoms with Gasteiger partial charge < -0.3 is 14.8 Å². The van der Waals surface area contributed by atoms with Gasteiger partial charge in [-0.15, -0.1) is 0 Å². The predicted molar refractivity (Wildman–Crippen MR) is 96.9 cm³/mol. The molecular formula is C20H26N3O+. The van der Waals surface area contributed by atoms with Crippen molar-refractivity contribution in [2.24, 2.45) is 5.92 Å². The summed E-state index contributed by atoms with van der Waals surface area (Å²) in [6.45, 7) is 5.02. The second-order valence-electron chi connectivity index (χ2n) is 7.62. The van der Waals surface area contributed by atoms with Gasteiger partial charge in [0.25, 0.3) is 0 Å². The van der Waals surface area contributed by atoms with Gasteiger partial charge in [-0.1, -0.05) is 18.2 Å². The number of carbonyl (C=O) groups excluding carboxylic acids is 1. The average molecular weight is 324 g/mol. The van der Waals surface area contributed by atoms with Gasteiger partial charge in [-0.05, 0) is 31.0 Å². The molecule has 24 heavy (non-hydrogen) atoms. The molecule has 1 aliphatic carbocycles. The third-order valence-corrected chi connectivity index (χ3v) is 5.85. The first-order chi connectivity index (χ1) is 11.5. The quantitative estimate of drug-likeness (QED) is 0.863. The summed E-state index contributed by atoms with van der Waals surface area (Å²) in [5, 5.41) is 1.35. The maximum absolute atomic E-state index is 12.9. The molecular weight excluding hydrogens is 298 g/mol. The van der Waals surface area contributed by atoms with E-state index in [4.69, 9.17) is 0 Å². The van der Waals surface area contributed by atoms with Crippen LogP contribution in [0.15, 0.2) is 30.5 Å². The summed E-state index contributed by atoms with van der Waals surface area (Å²) in [4.78, 5) is 19.6. The Morgan fingerprint density at radius 3 is 2.92 bits per heavy atom. The van der Waals surface area contributed by atoms with Crippen LogP contribution in [0.2, 0.25) is 0 Å². The topological polar surface area (TPSA) is 40.5 Å². The Morgan fingerprint density at radius 2 is 2.17 bits per heavy atom. The molecule has 4 nitrogen and oxygen atoms in total. The van der Waals surface area contributed by atoms with Crippen LogP contribution in [0.3, 0.4) is 0 Å². The molecule has 0 bridgehead atoms. The number of likely N-dealkylation sites (N-methyl/N-ethyl adjacent to an activating group) is 1. The van der Waals surface area contributed by atoms with E-state index < -0.39 is 0 Å². The first-order valence-electron chi connectivity index (χ1n) is 8.87. The molecule has 0 spiro atoms. The van der Waals surface area contributed by atoms with Crippen molar-refractivity contribution >= 4 is 22.4 Å². The van der Waals surface area contributed by atoms with Crippen molar-refractivity contribution in [2.45, 2.75) is 32.4 Å². The summed E-state index contributed by atoms with van der Waals surface area (Å²) in [6.07, 6.45) is 5.46. The van der Waals surface area contributed by atoms with Crippen molar-refractivity contribution in [2.75, 3.05) is 20.6 Å².